The monoisotopic (exact) mass is 301 g/mol. The minimum Gasteiger partial charge on any atom is -0.444 e. The molecule has 0 saturated carbocycles. The van der Waals surface area contributed by atoms with Crippen molar-refractivity contribution >= 4 is 12.0 Å². The van der Waals surface area contributed by atoms with E-state index in [0.717, 1.165) is 19.4 Å². The second kappa shape index (κ2) is 7.61. The van der Waals surface area contributed by atoms with Crippen LogP contribution in [0.2, 0.25) is 0 Å². The summed E-state index contributed by atoms with van der Waals surface area (Å²) in [6.45, 7) is 8.32. The summed E-state index contributed by atoms with van der Waals surface area (Å²) in [5, 5.41) is 5.69. The fraction of sp³-hybridized carbons (Fsp3) is 0.857. The number of nitrogens with one attached hydrogen (secondary N) is 2. The summed E-state index contributed by atoms with van der Waals surface area (Å²) in [7, 11) is 0. The van der Waals surface area contributed by atoms with Gasteiger partial charge in [0.25, 0.3) is 0 Å². The van der Waals surface area contributed by atoms with Crippen LogP contribution in [0, 0.1) is 0 Å². The Morgan fingerprint density at radius 1 is 1.43 bits per heavy atom. The molecule has 0 radical (unpaired) electrons. The zero-order valence-corrected chi connectivity index (χ0v) is 13.3. The van der Waals surface area contributed by atoms with Crippen LogP contribution in [-0.2, 0) is 14.3 Å². The third kappa shape index (κ3) is 6.77. The third-order valence-corrected chi connectivity index (χ3v) is 3.14. The Bertz CT molecular complexity index is 362. The Morgan fingerprint density at radius 2 is 2.10 bits per heavy atom. The van der Waals surface area contributed by atoms with Gasteiger partial charge in [0.2, 0.25) is 5.91 Å². The molecule has 1 aliphatic rings. The van der Waals surface area contributed by atoms with Crippen molar-refractivity contribution in [2.24, 2.45) is 5.73 Å². The average Bonchev–Trinajstić information content (AvgIpc) is 2.78. The molecule has 3 unspecified atom stereocenters. The number of primary amides is 1. The second-order valence-electron chi connectivity index (χ2n) is 6.36. The SMILES string of the molecule is CC(NC(=O)OC(C)(C)C)C(NCC1CCCO1)C(N)=O. The highest BCUT2D eigenvalue weighted by Gasteiger charge is 2.27. The predicted octanol–water partition coefficient (Wildman–Crippen LogP) is 0.522. The number of rotatable bonds is 6. The molecular weight excluding hydrogens is 274 g/mol. The van der Waals surface area contributed by atoms with Gasteiger partial charge < -0.3 is 25.8 Å². The van der Waals surface area contributed by atoms with E-state index in [0.29, 0.717) is 6.54 Å². The number of ether oxygens (including phenoxy) is 2. The number of nitrogens with two attached hydrogens (primary N) is 1. The molecule has 1 fully saturated rings. The lowest BCUT2D eigenvalue weighted by molar-refractivity contribution is -0.120. The van der Waals surface area contributed by atoms with Gasteiger partial charge in [-0.1, -0.05) is 0 Å². The molecule has 7 nitrogen and oxygen atoms in total. The van der Waals surface area contributed by atoms with E-state index in [9.17, 15) is 9.59 Å². The summed E-state index contributed by atoms with van der Waals surface area (Å²) in [6.07, 6.45) is 1.52. The number of hydrogen-bond acceptors (Lipinski definition) is 5. The minimum atomic E-state index is -0.665. The second-order valence-corrected chi connectivity index (χ2v) is 6.36. The molecular formula is C14H27N3O4. The van der Waals surface area contributed by atoms with Crippen LogP contribution < -0.4 is 16.4 Å². The van der Waals surface area contributed by atoms with Gasteiger partial charge in [-0.05, 0) is 40.5 Å². The molecule has 0 spiro atoms. The molecule has 7 heteroatoms. The van der Waals surface area contributed by atoms with Gasteiger partial charge in [-0.25, -0.2) is 4.79 Å². The van der Waals surface area contributed by atoms with Crippen molar-refractivity contribution in [3.63, 3.8) is 0 Å². The Kier molecular flexibility index (Phi) is 6.42. The van der Waals surface area contributed by atoms with E-state index >= 15 is 0 Å². The molecule has 0 aromatic rings. The smallest absolute Gasteiger partial charge is 0.407 e. The first-order chi connectivity index (χ1) is 9.69. The summed E-state index contributed by atoms with van der Waals surface area (Å²) < 4.78 is 10.6. The summed E-state index contributed by atoms with van der Waals surface area (Å²) >= 11 is 0. The molecule has 1 saturated heterocycles. The summed E-state index contributed by atoms with van der Waals surface area (Å²) in [5.74, 6) is -0.517. The van der Waals surface area contributed by atoms with Crippen molar-refractivity contribution in [1.82, 2.24) is 10.6 Å². The van der Waals surface area contributed by atoms with Crippen molar-refractivity contribution in [3.05, 3.63) is 0 Å². The first kappa shape index (κ1) is 17.7. The van der Waals surface area contributed by atoms with Crippen molar-refractivity contribution in [3.8, 4) is 0 Å². The van der Waals surface area contributed by atoms with Crippen molar-refractivity contribution < 1.29 is 19.1 Å². The molecule has 4 N–H and O–H groups in total. The Hall–Kier alpha value is -1.34. The van der Waals surface area contributed by atoms with Crippen LogP contribution in [0.4, 0.5) is 4.79 Å². The van der Waals surface area contributed by atoms with Gasteiger partial charge in [0.1, 0.15) is 11.6 Å². The van der Waals surface area contributed by atoms with Crippen molar-refractivity contribution in [1.29, 1.82) is 0 Å². The first-order valence-electron chi connectivity index (χ1n) is 7.33. The Labute approximate surface area is 125 Å². The number of carbonyl (C=O) groups excluding carboxylic acids is 2. The number of hydrogen-bond donors (Lipinski definition) is 3. The quantitative estimate of drug-likeness (QED) is 0.664. The van der Waals surface area contributed by atoms with Gasteiger partial charge in [0.15, 0.2) is 0 Å². The van der Waals surface area contributed by atoms with E-state index in [4.69, 9.17) is 15.2 Å². The highest BCUT2D eigenvalue weighted by Crippen LogP contribution is 2.11. The Balaban J connectivity index is 2.46. The van der Waals surface area contributed by atoms with Gasteiger partial charge in [0, 0.05) is 13.2 Å². The number of alkyl carbamates (subject to hydrolysis) is 1. The Morgan fingerprint density at radius 3 is 2.57 bits per heavy atom. The first-order valence-corrected chi connectivity index (χ1v) is 7.33. The lowest BCUT2D eigenvalue weighted by Gasteiger charge is -2.26. The topological polar surface area (TPSA) is 103 Å². The van der Waals surface area contributed by atoms with Crippen LogP contribution in [0.25, 0.3) is 0 Å². The van der Waals surface area contributed by atoms with Gasteiger partial charge in [-0.3, -0.25) is 4.79 Å². The van der Waals surface area contributed by atoms with Crippen LogP contribution in [0.1, 0.15) is 40.5 Å². The van der Waals surface area contributed by atoms with Crippen LogP contribution in [-0.4, -0.2) is 48.9 Å². The van der Waals surface area contributed by atoms with E-state index < -0.39 is 29.7 Å². The van der Waals surface area contributed by atoms with E-state index in [-0.39, 0.29) is 6.10 Å². The maximum absolute atomic E-state index is 11.7. The van der Waals surface area contributed by atoms with Gasteiger partial charge in [0.05, 0.1) is 12.1 Å². The summed E-state index contributed by atoms with van der Waals surface area (Å²) in [4.78, 5) is 23.3. The molecule has 1 heterocycles. The average molecular weight is 301 g/mol. The zero-order valence-electron chi connectivity index (χ0n) is 13.3. The normalized spacial score (nSPS) is 21.6. The molecule has 21 heavy (non-hydrogen) atoms. The predicted molar refractivity (Wildman–Crippen MR) is 78.8 cm³/mol. The zero-order chi connectivity index (χ0) is 16.0. The molecule has 0 aromatic carbocycles. The molecule has 122 valence electrons. The lowest BCUT2D eigenvalue weighted by Crippen LogP contribution is -2.56. The molecule has 2 amide bonds. The number of carbonyl (C=O) groups is 2. The van der Waals surface area contributed by atoms with E-state index in [2.05, 4.69) is 10.6 Å². The molecule has 0 aromatic heterocycles. The maximum Gasteiger partial charge on any atom is 0.407 e. The molecule has 1 rings (SSSR count). The van der Waals surface area contributed by atoms with Crippen LogP contribution >= 0.6 is 0 Å². The number of amides is 2. The molecule has 1 aliphatic heterocycles. The van der Waals surface area contributed by atoms with Gasteiger partial charge >= 0.3 is 6.09 Å². The molecule has 0 aliphatic carbocycles. The standard InChI is InChI=1S/C14H27N3O4/c1-9(17-13(19)21-14(2,3)4)11(12(15)18)16-8-10-6-5-7-20-10/h9-11,16H,5-8H2,1-4H3,(H2,15,18)(H,17,19). The van der Waals surface area contributed by atoms with E-state index in [1.165, 1.54) is 0 Å². The maximum atomic E-state index is 11.7. The lowest BCUT2D eigenvalue weighted by atomic mass is 10.1. The van der Waals surface area contributed by atoms with Gasteiger partial charge in [-0.15, -0.1) is 0 Å². The largest absolute Gasteiger partial charge is 0.444 e. The highest BCUT2D eigenvalue weighted by atomic mass is 16.6. The van der Waals surface area contributed by atoms with Crippen molar-refractivity contribution in [2.45, 2.75) is 64.3 Å². The van der Waals surface area contributed by atoms with Crippen LogP contribution in [0.3, 0.4) is 0 Å². The van der Waals surface area contributed by atoms with Crippen molar-refractivity contribution in [2.75, 3.05) is 13.2 Å². The summed E-state index contributed by atoms with van der Waals surface area (Å²) in [5.41, 5.74) is 4.80. The van der Waals surface area contributed by atoms with E-state index in [1.54, 1.807) is 27.7 Å². The fourth-order valence-corrected chi connectivity index (χ4v) is 2.16. The van der Waals surface area contributed by atoms with Crippen LogP contribution in [0.5, 0.6) is 0 Å². The van der Waals surface area contributed by atoms with Gasteiger partial charge in [-0.2, -0.15) is 0 Å². The van der Waals surface area contributed by atoms with Crippen LogP contribution in [0.15, 0.2) is 0 Å². The summed E-state index contributed by atoms with van der Waals surface area (Å²) in [6, 6.07) is -1.14. The highest BCUT2D eigenvalue weighted by molar-refractivity contribution is 5.81. The molecule has 0 bridgehead atoms. The fourth-order valence-electron chi connectivity index (χ4n) is 2.16. The third-order valence-electron chi connectivity index (χ3n) is 3.14. The molecule has 3 atom stereocenters. The minimum absolute atomic E-state index is 0.0978. The van der Waals surface area contributed by atoms with E-state index in [1.807, 2.05) is 0 Å².